The van der Waals surface area contributed by atoms with Crippen LogP contribution in [0.2, 0.25) is 0 Å². The zero-order valence-electron chi connectivity index (χ0n) is 18.5. The number of halogens is 1. The van der Waals surface area contributed by atoms with E-state index in [9.17, 15) is 9.18 Å². The number of benzene rings is 1. The van der Waals surface area contributed by atoms with E-state index in [1.807, 2.05) is 18.2 Å². The molecule has 1 aromatic carbocycles. The number of hydrogen-bond acceptors (Lipinski definition) is 6. The van der Waals surface area contributed by atoms with Crippen molar-refractivity contribution in [3.63, 3.8) is 0 Å². The molecule has 168 valence electrons. The van der Waals surface area contributed by atoms with E-state index >= 15 is 0 Å². The van der Waals surface area contributed by atoms with Crippen LogP contribution >= 0.6 is 0 Å². The van der Waals surface area contributed by atoms with Crippen molar-refractivity contribution in [2.75, 3.05) is 18.9 Å². The van der Waals surface area contributed by atoms with Gasteiger partial charge in [0.15, 0.2) is 0 Å². The van der Waals surface area contributed by atoms with E-state index in [1.54, 1.807) is 25.4 Å². The lowest BCUT2D eigenvalue weighted by Gasteiger charge is -2.18. The van der Waals surface area contributed by atoms with Crippen LogP contribution in [0, 0.1) is 5.95 Å². The van der Waals surface area contributed by atoms with Crippen LogP contribution in [0.15, 0.2) is 61.2 Å². The summed E-state index contributed by atoms with van der Waals surface area (Å²) in [5.41, 5.74) is 4.01. The topological polar surface area (TPSA) is 92.7 Å². The Labute approximate surface area is 191 Å². The second-order valence-electron chi connectivity index (χ2n) is 7.66. The standard InChI is InChI=1S/C25H25FN6O/c1-3-16(18-5-4-6-19-20(25(33)27-2)10-12-29-24(18)19)9-11-28-23-13-21(31-15-32-23)17-7-8-22(26)30-14-17/h4-8,10,12-16H,3,9,11H2,1-2H3,(H,27,33)(H,28,31,32). The molecular formula is C25H25FN6O. The highest BCUT2D eigenvalue weighted by Crippen LogP contribution is 2.30. The van der Waals surface area contributed by atoms with Crippen LogP contribution in [0.5, 0.6) is 0 Å². The van der Waals surface area contributed by atoms with Gasteiger partial charge in [0, 0.05) is 43.0 Å². The second-order valence-corrected chi connectivity index (χ2v) is 7.66. The quantitative estimate of drug-likeness (QED) is 0.387. The molecule has 4 rings (SSSR count). The summed E-state index contributed by atoms with van der Waals surface area (Å²) in [5, 5.41) is 6.91. The van der Waals surface area contributed by atoms with Crippen LogP contribution in [-0.4, -0.2) is 39.4 Å². The van der Waals surface area contributed by atoms with Gasteiger partial charge in [-0.3, -0.25) is 9.78 Å². The van der Waals surface area contributed by atoms with E-state index in [-0.39, 0.29) is 11.8 Å². The van der Waals surface area contributed by atoms with Gasteiger partial charge in [-0.15, -0.1) is 0 Å². The van der Waals surface area contributed by atoms with Gasteiger partial charge in [0.2, 0.25) is 5.95 Å². The molecular weight excluding hydrogens is 419 g/mol. The fourth-order valence-electron chi connectivity index (χ4n) is 3.95. The number of nitrogens with zero attached hydrogens (tertiary/aromatic N) is 4. The maximum atomic E-state index is 13.1. The van der Waals surface area contributed by atoms with Gasteiger partial charge in [-0.05, 0) is 42.5 Å². The molecule has 0 aliphatic carbocycles. The van der Waals surface area contributed by atoms with E-state index in [2.05, 4.69) is 43.6 Å². The molecule has 1 unspecified atom stereocenters. The Morgan fingerprint density at radius 1 is 1.09 bits per heavy atom. The van der Waals surface area contributed by atoms with Gasteiger partial charge in [0.05, 0.1) is 16.8 Å². The third kappa shape index (κ3) is 4.95. The molecule has 0 spiro atoms. The van der Waals surface area contributed by atoms with Gasteiger partial charge in [0.1, 0.15) is 12.1 Å². The van der Waals surface area contributed by atoms with Crippen LogP contribution in [0.3, 0.4) is 0 Å². The molecule has 1 amide bonds. The van der Waals surface area contributed by atoms with Gasteiger partial charge in [-0.1, -0.05) is 25.1 Å². The van der Waals surface area contributed by atoms with Crippen molar-refractivity contribution < 1.29 is 9.18 Å². The SMILES string of the molecule is CCC(CCNc1cc(-c2ccc(F)nc2)ncn1)c1cccc2c(C(=O)NC)ccnc12. The first-order valence-electron chi connectivity index (χ1n) is 10.9. The lowest BCUT2D eigenvalue weighted by molar-refractivity contribution is 0.0964. The Hall–Kier alpha value is -3.94. The fraction of sp³-hybridized carbons (Fsp3) is 0.240. The smallest absolute Gasteiger partial charge is 0.251 e. The number of carbonyl (C=O) groups is 1. The first kappa shape index (κ1) is 22.3. The molecule has 0 saturated carbocycles. The van der Waals surface area contributed by atoms with Crippen LogP contribution in [0.4, 0.5) is 10.2 Å². The largest absolute Gasteiger partial charge is 0.370 e. The molecule has 0 radical (unpaired) electrons. The normalized spacial score (nSPS) is 11.8. The number of hydrogen-bond donors (Lipinski definition) is 2. The van der Waals surface area contributed by atoms with E-state index in [1.165, 1.54) is 18.6 Å². The monoisotopic (exact) mass is 444 g/mol. The lowest BCUT2D eigenvalue weighted by atomic mass is 9.90. The first-order valence-corrected chi connectivity index (χ1v) is 10.9. The van der Waals surface area contributed by atoms with Crippen molar-refractivity contribution in [1.29, 1.82) is 0 Å². The molecule has 4 aromatic rings. The summed E-state index contributed by atoms with van der Waals surface area (Å²) in [7, 11) is 1.63. The highest BCUT2D eigenvalue weighted by Gasteiger charge is 2.17. The van der Waals surface area contributed by atoms with Crippen molar-refractivity contribution >= 4 is 22.6 Å². The minimum absolute atomic E-state index is 0.120. The van der Waals surface area contributed by atoms with Crippen LogP contribution in [0.1, 0.15) is 41.6 Å². The Morgan fingerprint density at radius 2 is 1.97 bits per heavy atom. The molecule has 7 nitrogen and oxygen atoms in total. The summed E-state index contributed by atoms with van der Waals surface area (Å²) in [6.07, 6.45) is 6.42. The van der Waals surface area contributed by atoms with Crippen molar-refractivity contribution in [3.05, 3.63) is 78.3 Å². The Morgan fingerprint density at radius 3 is 2.73 bits per heavy atom. The maximum Gasteiger partial charge on any atom is 0.251 e. The van der Waals surface area contributed by atoms with Crippen LogP contribution in [0.25, 0.3) is 22.2 Å². The number of para-hydroxylation sites is 1. The molecule has 0 aliphatic heterocycles. The summed E-state index contributed by atoms with van der Waals surface area (Å²) in [4.78, 5) is 29.1. The number of fused-ring (bicyclic) bond motifs is 1. The number of anilines is 1. The minimum atomic E-state index is -0.526. The van der Waals surface area contributed by atoms with Crippen LogP contribution in [-0.2, 0) is 0 Å². The highest BCUT2D eigenvalue weighted by atomic mass is 19.1. The Kier molecular flexibility index (Phi) is 6.83. The third-order valence-corrected chi connectivity index (χ3v) is 5.70. The molecule has 33 heavy (non-hydrogen) atoms. The van der Waals surface area contributed by atoms with Gasteiger partial charge < -0.3 is 10.6 Å². The minimum Gasteiger partial charge on any atom is -0.370 e. The van der Waals surface area contributed by atoms with Crippen molar-refractivity contribution in [3.8, 4) is 11.3 Å². The van der Waals surface area contributed by atoms with Crippen LogP contribution < -0.4 is 10.6 Å². The zero-order valence-corrected chi connectivity index (χ0v) is 18.5. The lowest BCUT2D eigenvalue weighted by Crippen LogP contribution is -2.18. The van der Waals surface area contributed by atoms with Gasteiger partial charge in [-0.25, -0.2) is 15.0 Å². The first-order chi connectivity index (χ1) is 16.1. The number of pyridine rings is 2. The van der Waals surface area contributed by atoms with E-state index < -0.39 is 5.95 Å². The Balaban J connectivity index is 1.50. The van der Waals surface area contributed by atoms with Crippen molar-refractivity contribution in [1.82, 2.24) is 25.3 Å². The number of carbonyl (C=O) groups excluding carboxylic acids is 1. The zero-order chi connectivity index (χ0) is 23.2. The summed E-state index contributed by atoms with van der Waals surface area (Å²) in [6.45, 7) is 2.85. The molecule has 3 aromatic heterocycles. The van der Waals surface area contributed by atoms with Crippen molar-refractivity contribution in [2.45, 2.75) is 25.7 Å². The van der Waals surface area contributed by atoms with Gasteiger partial charge in [-0.2, -0.15) is 4.39 Å². The van der Waals surface area contributed by atoms with Gasteiger partial charge >= 0.3 is 0 Å². The molecule has 2 N–H and O–H groups in total. The van der Waals surface area contributed by atoms with Gasteiger partial charge in [0.25, 0.3) is 5.91 Å². The second kappa shape index (κ2) is 10.1. The summed E-state index contributed by atoms with van der Waals surface area (Å²) in [6, 6.07) is 12.5. The van der Waals surface area contributed by atoms with E-state index in [0.29, 0.717) is 23.6 Å². The number of aromatic nitrogens is 4. The predicted octanol–water partition coefficient (Wildman–Crippen LogP) is 4.58. The molecule has 3 heterocycles. The molecule has 1 atom stereocenters. The summed E-state index contributed by atoms with van der Waals surface area (Å²) in [5.74, 6) is 0.306. The molecule has 8 heteroatoms. The molecule has 0 fully saturated rings. The third-order valence-electron chi connectivity index (χ3n) is 5.70. The Bertz CT molecular complexity index is 1260. The average Bonchev–Trinajstić information content (AvgIpc) is 2.86. The summed E-state index contributed by atoms with van der Waals surface area (Å²) < 4.78 is 13.1. The molecule has 0 bridgehead atoms. The fourth-order valence-corrected chi connectivity index (χ4v) is 3.95. The molecule has 0 aliphatic rings. The number of rotatable bonds is 8. The highest BCUT2D eigenvalue weighted by molar-refractivity contribution is 6.06. The predicted molar refractivity (Wildman–Crippen MR) is 126 cm³/mol. The maximum absolute atomic E-state index is 13.1. The van der Waals surface area contributed by atoms with E-state index in [4.69, 9.17) is 0 Å². The number of amides is 1. The van der Waals surface area contributed by atoms with Crippen molar-refractivity contribution in [2.24, 2.45) is 0 Å². The molecule has 0 saturated heterocycles. The number of nitrogens with one attached hydrogen (secondary N) is 2. The average molecular weight is 445 g/mol. The van der Waals surface area contributed by atoms with E-state index in [0.717, 1.165) is 34.9 Å². The summed E-state index contributed by atoms with van der Waals surface area (Å²) >= 11 is 0.